The molecule has 3 fully saturated rings. The van der Waals surface area contributed by atoms with Gasteiger partial charge in [-0.2, -0.15) is 0 Å². The minimum absolute atomic E-state index is 0.104. The number of nitrogens with one attached hydrogen (secondary N) is 2. The minimum Gasteiger partial charge on any atom is -0.444 e. The van der Waals surface area contributed by atoms with Crippen LogP contribution in [-0.4, -0.2) is 119 Å². The van der Waals surface area contributed by atoms with Crippen LogP contribution >= 0.6 is 0 Å². The van der Waals surface area contributed by atoms with Crippen LogP contribution in [0.5, 0.6) is 0 Å². The quantitative estimate of drug-likeness (QED) is 0.298. The van der Waals surface area contributed by atoms with Crippen molar-refractivity contribution in [3.63, 3.8) is 0 Å². The van der Waals surface area contributed by atoms with Gasteiger partial charge in [0.15, 0.2) is 0 Å². The summed E-state index contributed by atoms with van der Waals surface area (Å²) in [6, 6.07) is 4.71. The van der Waals surface area contributed by atoms with Crippen LogP contribution < -0.4 is 10.6 Å². The molecule has 0 aromatic heterocycles. The predicted octanol–water partition coefficient (Wildman–Crippen LogP) is 3.08. The number of hydrogen-bond donors (Lipinski definition) is 2. The molecule has 0 spiro atoms. The number of unbranched alkanes of at least 4 members (excludes halogenated alkanes) is 3. The lowest BCUT2D eigenvalue weighted by Gasteiger charge is -2.42. The largest absolute Gasteiger partial charge is 0.444 e. The van der Waals surface area contributed by atoms with Gasteiger partial charge in [0.2, 0.25) is 11.8 Å². The summed E-state index contributed by atoms with van der Waals surface area (Å²) < 4.78 is 5.53. The van der Waals surface area contributed by atoms with Crippen molar-refractivity contribution in [1.82, 2.24) is 24.9 Å². The molecule has 0 aliphatic carbocycles. The lowest BCUT2D eigenvalue weighted by Crippen LogP contribution is -2.54. The monoisotopic (exact) mass is 624 g/mol. The summed E-state index contributed by atoms with van der Waals surface area (Å²) in [6.07, 6.45) is 6.50. The molecule has 3 saturated heterocycles. The Bertz CT molecular complexity index is 1280. The maximum absolute atomic E-state index is 13.0. The second kappa shape index (κ2) is 14.3. The molecule has 246 valence electrons. The number of carbonyl (C=O) groups is 5. The number of amides is 5. The third-order valence-electron chi connectivity index (χ3n) is 9.21. The molecule has 4 aliphatic rings. The highest BCUT2D eigenvalue weighted by Crippen LogP contribution is 2.29. The van der Waals surface area contributed by atoms with Crippen LogP contribution in [0.3, 0.4) is 0 Å². The maximum atomic E-state index is 13.0. The summed E-state index contributed by atoms with van der Waals surface area (Å²) in [5, 5.41) is 5.58. The Morgan fingerprint density at radius 3 is 2.27 bits per heavy atom. The first-order valence-electron chi connectivity index (χ1n) is 16.5. The Balaban J connectivity index is 0.941. The number of hydrogen-bond acceptors (Lipinski definition) is 9. The zero-order valence-corrected chi connectivity index (χ0v) is 26.9. The minimum atomic E-state index is -0.953. The number of imide groups is 2. The average molecular weight is 625 g/mol. The number of nitrogens with zero attached hydrogens (tertiary/aromatic N) is 4. The van der Waals surface area contributed by atoms with Gasteiger partial charge in [0, 0.05) is 64.0 Å². The second-order valence-corrected chi connectivity index (χ2v) is 13.6. The van der Waals surface area contributed by atoms with Crippen molar-refractivity contribution in [3.8, 4) is 0 Å². The van der Waals surface area contributed by atoms with E-state index in [1.165, 1.54) is 6.42 Å². The van der Waals surface area contributed by atoms with Gasteiger partial charge in [-0.05, 0) is 77.6 Å². The van der Waals surface area contributed by atoms with Gasteiger partial charge >= 0.3 is 6.09 Å². The topological polar surface area (TPSA) is 132 Å². The molecule has 0 bridgehead atoms. The summed E-state index contributed by atoms with van der Waals surface area (Å²) in [7, 11) is 0. The number of anilines is 1. The van der Waals surface area contributed by atoms with E-state index in [1.807, 2.05) is 25.7 Å². The van der Waals surface area contributed by atoms with E-state index in [4.69, 9.17) is 4.74 Å². The summed E-state index contributed by atoms with van der Waals surface area (Å²) in [4.78, 5) is 70.0. The SMILES string of the molecule is CC(C)(C)OC(=O)N1CCC(N2CCN(CCCCCCNc3ccc4c(c3)C(=O)N(C3CCC(=O)NC3=O)C4=O)CC2)CC1. The molecule has 4 heterocycles. The van der Waals surface area contributed by atoms with E-state index in [0.717, 1.165) is 95.0 Å². The van der Waals surface area contributed by atoms with E-state index in [2.05, 4.69) is 20.4 Å². The molecule has 1 unspecified atom stereocenters. The van der Waals surface area contributed by atoms with Gasteiger partial charge in [0.1, 0.15) is 11.6 Å². The Kier molecular flexibility index (Phi) is 10.4. The van der Waals surface area contributed by atoms with Crippen LogP contribution in [0.1, 0.15) is 92.9 Å². The Morgan fingerprint density at radius 1 is 0.889 bits per heavy atom. The van der Waals surface area contributed by atoms with E-state index in [9.17, 15) is 24.0 Å². The average Bonchev–Trinajstić information content (AvgIpc) is 3.25. The van der Waals surface area contributed by atoms with Crippen LogP contribution in [0.25, 0.3) is 0 Å². The summed E-state index contributed by atoms with van der Waals surface area (Å²) in [5.74, 6) is -1.96. The Morgan fingerprint density at radius 2 is 1.58 bits per heavy atom. The normalized spacial score (nSPS) is 22.1. The highest BCUT2D eigenvalue weighted by Gasteiger charge is 2.44. The molecule has 45 heavy (non-hydrogen) atoms. The molecule has 0 saturated carbocycles. The number of benzene rings is 1. The van der Waals surface area contributed by atoms with Crippen molar-refractivity contribution in [3.05, 3.63) is 29.3 Å². The van der Waals surface area contributed by atoms with E-state index >= 15 is 0 Å². The van der Waals surface area contributed by atoms with Crippen molar-refractivity contribution < 1.29 is 28.7 Å². The van der Waals surface area contributed by atoms with Gasteiger partial charge < -0.3 is 19.9 Å². The highest BCUT2D eigenvalue weighted by atomic mass is 16.6. The fourth-order valence-corrected chi connectivity index (χ4v) is 6.72. The van der Waals surface area contributed by atoms with E-state index in [1.54, 1.807) is 18.2 Å². The van der Waals surface area contributed by atoms with Crippen LogP contribution in [0.15, 0.2) is 18.2 Å². The van der Waals surface area contributed by atoms with Crippen molar-refractivity contribution >= 4 is 35.4 Å². The lowest BCUT2D eigenvalue weighted by molar-refractivity contribution is -0.136. The van der Waals surface area contributed by atoms with Gasteiger partial charge in [-0.15, -0.1) is 0 Å². The number of fused-ring (bicyclic) bond motifs is 1. The van der Waals surface area contributed by atoms with Crippen LogP contribution in [-0.2, 0) is 14.3 Å². The molecule has 2 N–H and O–H groups in total. The Hall–Kier alpha value is -3.51. The third kappa shape index (κ3) is 8.21. The molecule has 12 heteroatoms. The molecule has 5 amide bonds. The number of piperazine rings is 1. The zero-order valence-electron chi connectivity index (χ0n) is 26.9. The number of ether oxygens (including phenoxy) is 1. The molecular formula is C33H48N6O6. The number of likely N-dealkylation sites (tertiary alicyclic amines) is 1. The molecule has 5 rings (SSSR count). The van der Waals surface area contributed by atoms with E-state index in [-0.39, 0.29) is 24.8 Å². The third-order valence-corrected chi connectivity index (χ3v) is 9.21. The number of piperidine rings is 2. The van der Waals surface area contributed by atoms with Crippen molar-refractivity contribution in [2.75, 3.05) is 57.7 Å². The van der Waals surface area contributed by atoms with Gasteiger partial charge in [0.25, 0.3) is 11.8 Å². The first kappa shape index (κ1) is 32.9. The molecule has 0 radical (unpaired) electrons. The molecule has 1 aromatic carbocycles. The number of rotatable bonds is 10. The standard InChI is InChI=1S/C33H48N6O6/c1-33(2,3)45-32(44)38-16-12-24(13-17-38)37-20-18-36(19-21-37)15-7-5-4-6-14-34-23-8-9-25-26(22-23)31(43)39(30(25)42)27-10-11-28(40)35-29(27)41/h8-9,22,24,27,34H,4-7,10-21H2,1-3H3,(H,35,40,41). The fourth-order valence-electron chi connectivity index (χ4n) is 6.72. The summed E-state index contributed by atoms with van der Waals surface area (Å²) in [6.45, 7) is 13.5. The first-order valence-corrected chi connectivity index (χ1v) is 16.5. The summed E-state index contributed by atoms with van der Waals surface area (Å²) in [5.41, 5.74) is 0.900. The van der Waals surface area contributed by atoms with Crippen molar-refractivity contribution in [1.29, 1.82) is 0 Å². The molecule has 1 atom stereocenters. The maximum Gasteiger partial charge on any atom is 0.410 e. The van der Waals surface area contributed by atoms with Crippen molar-refractivity contribution in [2.45, 2.75) is 89.8 Å². The first-order chi connectivity index (χ1) is 21.5. The lowest BCUT2D eigenvalue weighted by atomic mass is 10.0. The highest BCUT2D eigenvalue weighted by molar-refractivity contribution is 6.23. The van der Waals surface area contributed by atoms with Gasteiger partial charge in [-0.3, -0.25) is 34.3 Å². The van der Waals surface area contributed by atoms with Gasteiger partial charge in [-0.25, -0.2) is 4.79 Å². The fraction of sp³-hybridized carbons (Fsp3) is 0.667. The molecule has 1 aromatic rings. The van der Waals surface area contributed by atoms with Gasteiger partial charge in [0.05, 0.1) is 11.1 Å². The smallest absolute Gasteiger partial charge is 0.410 e. The Labute approximate surface area is 265 Å². The van der Waals surface area contributed by atoms with Gasteiger partial charge in [-0.1, -0.05) is 12.8 Å². The zero-order chi connectivity index (χ0) is 32.1. The number of carbonyl (C=O) groups excluding carboxylic acids is 5. The molecule has 4 aliphatic heterocycles. The van der Waals surface area contributed by atoms with E-state index in [0.29, 0.717) is 17.2 Å². The van der Waals surface area contributed by atoms with Crippen LogP contribution in [0, 0.1) is 0 Å². The second-order valence-electron chi connectivity index (χ2n) is 13.6. The predicted molar refractivity (Wildman–Crippen MR) is 169 cm³/mol. The van der Waals surface area contributed by atoms with Crippen molar-refractivity contribution in [2.24, 2.45) is 0 Å². The molecule has 12 nitrogen and oxygen atoms in total. The van der Waals surface area contributed by atoms with Crippen LogP contribution in [0.4, 0.5) is 10.5 Å². The van der Waals surface area contributed by atoms with E-state index < -0.39 is 29.4 Å². The molecular weight excluding hydrogens is 576 g/mol. The van der Waals surface area contributed by atoms with Crippen LogP contribution in [0.2, 0.25) is 0 Å². The summed E-state index contributed by atoms with van der Waals surface area (Å²) >= 11 is 0.